The fourth-order valence-corrected chi connectivity index (χ4v) is 3.14. The number of carbonyl (C=O) groups is 1. The standard InChI is InChI=1S/C16H17ClN2OS/c1-10-7-11(2)16(12(17)8-10)19-15(20)9-21-14-6-4-3-5-13(14)18/h3-8H,9,18H2,1-2H3,(H,19,20). The Balaban J connectivity index is 2.01. The molecule has 0 aliphatic carbocycles. The van der Waals surface area contributed by atoms with Crippen molar-refractivity contribution in [2.45, 2.75) is 18.7 Å². The third-order valence-corrected chi connectivity index (χ3v) is 4.36. The maximum absolute atomic E-state index is 12.1. The van der Waals surface area contributed by atoms with Gasteiger partial charge in [-0.3, -0.25) is 4.79 Å². The Labute approximate surface area is 133 Å². The van der Waals surface area contributed by atoms with Crippen molar-refractivity contribution in [3.63, 3.8) is 0 Å². The number of amides is 1. The summed E-state index contributed by atoms with van der Waals surface area (Å²) in [6, 6.07) is 11.3. The van der Waals surface area contributed by atoms with Crippen molar-refractivity contribution in [3.05, 3.63) is 52.5 Å². The second-order valence-corrected chi connectivity index (χ2v) is 6.24. The Kier molecular flexibility index (Phi) is 5.15. The number of nitrogen functional groups attached to an aromatic ring is 1. The summed E-state index contributed by atoms with van der Waals surface area (Å²) in [6.45, 7) is 3.90. The van der Waals surface area contributed by atoms with E-state index >= 15 is 0 Å². The zero-order valence-electron chi connectivity index (χ0n) is 11.9. The third-order valence-electron chi connectivity index (χ3n) is 2.97. The summed E-state index contributed by atoms with van der Waals surface area (Å²) in [5.41, 5.74) is 9.23. The van der Waals surface area contributed by atoms with Crippen molar-refractivity contribution in [1.29, 1.82) is 0 Å². The van der Waals surface area contributed by atoms with Gasteiger partial charge in [0.25, 0.3) is 0 Å². The van der Waals surface area contributed by atoms with E-state index in [0.717, 1.165) is 16.0 Å². The molecule has 2 aromatic rings. The summed E-state index contributed by atoms with van der Waals surface area (Å²) in [5, 5.41) is 3.42. The minimum absolute atomic E-state index is 0.0999. The van der Waals surface area contributed by atoms with Gasteiger partial charge in [-0.2, -0.15) is 0 Å². The van der Waals surface area contributed by atoms with Crippen LogP contribution in [0, 0.1) is 13.8 Å². The van der Waals surface area contributed by atoms with E-state index < -0.39 is 0 Å². The highest BCUT2D eigenvalue weighted by molar-refractivity contribution is 8.00. The van der Waals surface area contributed by atoms with Gasteiger partial charge in [0, 0.05) is 10.6 Å². The zero-order valence-corrected chi connectivity index (χ0v) is 13.5. The molecule has 0 atom stereocenters. The van der Waals surface area contributed by atoms with Crippen LogP contribution in [0.25, 0.3) is 0 Å². The van der Waals surface area contributed by atoms with Gasteiger partial charge in [-0.05, 0) is 43.2 Å². The maximum atomic E-state index is 12.1. The van der Waals surface area contributed by atoms with Crippen LogP contribution in [0.2, 0.25) is 5.02 Å². The van der Waals surface area contributed by atoms with Gasteiger partial charge >= 0.3 is 0 Å². The van der Waals surface area contributed by atoms with Crippen LogP contribution in [0.15, 0.2) is 41.3 Å². The first kappa shape index (κ1) is 15.7. The van der Waals surface area contributed by atoms with Gasteiger partial charge in [-0.25, -0.2) is 0 Å². The smallest absolute Gasteiger partial charge is 0.234 e. The first-order valence-electron chi connectivity index (χ1n) is 6.51. The van der Waals surface area contributed by atoms with Gasteiger partial charge in [0.2, 0.25) is 5.91 Å². The van der Waals surface area contributed by atoms with Crippen LogP contribution < -0.4 is 11.1 Å². The van der Waals surface area contributed by atoms with Gasteiger partial charge in [-0.1, -0.05) is 29.8 Å². The lowest BCUT2D eigenvalue weighted by atomic mass is 10.1. The van der Waals surface area contributed by atoms with Crippen molar-refractivity contribution in [1.82, 2.24) is 0 Å². The lowest BCUT2D eigenvalue weighted by molar-refractivity contribution is -0.113. The van der Waals surface area contributed by atoms with E-state index in [4.69, 9.17) is 17.3 Å². The lowest BCUT2D eigenvalue weighted by Gasteiger charge is -2.11. The number of para-hydroxylation sites is 1. The van der Waals surface area contributed by atoms with Gasteiger partial charge in [0.1, 0.15) is 0 Å². The largest absolute Gasteiger partial charge is 0.398 e. The Morgan fingerprint density at radius 3 is 2.67 bits per heavy atom. The Hall–Kier alpha value is -1.65. The number of nitrogens with one attached hydrogen (secondary N) is 1. The molecular weight excluding hydrogens is 304 g/mol. The molecule has 0 spiro atoms. The summed E-state index contributed by atoms with van der Waals surface area (Å²) >= 11 is 7.59. The molecule has 0 saturated carbocycles. The molecule has 1 amide bonds. The summed E-state index contributed by atoms with van der Waals surface area (Å²) in [4.78, 5) is 13.0. The highest BCUT2D eigenvalue weighted by Crippen LogP contribution is 2.28. The van der Waals surface area contributed by atoms with Crippen LogP contribution in [0.1, 0.15) is 11.1 Å². The minimum atomic E-state index is -0.0999. The number of aryl methyl sites for hydroxylation is 2. The van der Waals surface area contributed by atoms with E-state index in [1.54, 1.807) is 0 Å². The third kappa shape index (κ3) is 4.16. The molecule has 21 heavy (non-hydrogen) atoms. The fraction of sp³-hybridized carbons (Fsp3) is 0.188. The molecule has 5 heteroatoms. The van der Waals surface area contributed by atoms with Crippen LogP contribution in [0.5, 0.6) is 0 Å². The molecule has 0 bridgehead atoms. The molecule has 0 heterocycles. The molecule has 0 aromatic heterocycles. The monoisotopic (exact) mass is 320 g/mol. The van der Waals surface area contributed by atoms with Crippen molar-refractivity contribution in [2.75, 3.05) is 16.8 Å². The number of hydrogen-bond acceptors (Lipinski definition) is 3. The van der Waals surface area contributed by atoms with Crippen molar-refractivity contribution in [2.24, 2.45) is 0 Å². The molecule has 0 radical (unpaired) electrons. The molecule has 2 aromatic carbocycles. The molecule has 0 aliphatic rings. The first-order valence-corrected chi connectivity index (χ1v) is 7.87. The number of benzene rings is 2. The van der Waals surface area contributed by atoms with Crippen LogP contribution >= 0.6 is 23.4 Å². The average Bonchev–Trinajstić information content (AvgIpc) is 2.42. The molecule has 3 N–H and O–H groups in total. The van der Waals surface area contributed by atoms with Gasteiger partial charge in [-0.15, -0.1) is 11.8 Å². The first-order chi connectivity index (χ1) is 9.97. The SMILES string of the molecule is Cc1cc(C)c(NC(=O)CSc2ccccc2N)c(Cl)c1. The predicted molar refractivity (Wildman–Crippen MR) is 91.1 cm³/mol. The number of halogens is 1. The molecule has 2 rings (SSSR count). The molecule has 0 unspecified atom stereocenters. The lowest BCUT2D eigenvalue weighted by Crippen LogP contribution is -2.15. The number of hydrogen-bond donors (Lipinski definition) is 2. The molecule has 0 aliphatic heterocycles. The number of anilines is 2. The summed E-state index contributed by atoms with van der Waals surface area (Å²) in [5.74, 6) is 0.190. The van der Waals surface area contributed by atoms with Gasteiger partial charge in [0.05, 0.1) is 16.5 Å². The summed E-state index contributed by atoms with van der Waals surface area (Å²) < 4.78 is 0. The average molecular weight is 321 g/mol. The molecule has 3 nitrogen and oxygen atoms in total. The number of thioether (sulfide) groups is 1. The zero-order chi connectivity index (χ0) is 15.4. The normalized spacial score (nSPS) is 10.4. The number of rotatable bonds is 4. The highest BCUT2D eigenvalue weighted by atomic mass is 35.5. The quantitative estimate of drug-likeness (QED) is 0.653. The van der Waals surface area contributed by atoms with Crippen LogP contribution in [-0.4, -0.2) is 11.7 Å². The second kappa shape index (κ2) is 6.87. The molecule has 0 saturated heterocycles. The predicted octanol–water partition coefficient (Wildman–Crippen LogP) is 4.27. The number of nitrogens with two attached hydrogens (primary N) is 1. The van der Waals surface area contributed by atoms with E-state index in [1.807, 2.05) is 50.2 Å². The molecule has 110 valence electrons. The molecule has 0 fully saturated rings. The van der Waals surface area contributed by atoms with E-state index in [1.165, 1.54) is 11.8 Å². The van der Waals surface area contributed by atoms with E-state index in [2.05, 4.69) is 5.32 Å². The summed E-state index contributed by atoms with van der Waals surface area (Å²) in [6.07, 6.45) is 0. The van der Waals surface area contributed by atoms with Gasteiger partial charge in [0.15, 0.2) is 0 Å². The van der Waals surface area contributed by atoms with Crippen LogP contribution in [0.3, 0.4) is 0 Å². The molecular formula is C16H17ClN2OS. The summed E-state index contributed by atoms with van der Waals surface area (Å²) in [7, 11) is 0. The Morgan fingerprint density at radius 1 is 1.29 bits per heavy atom. The second-order valence-electron chi connectivity index (χ2n) is 4.81. The highest BCUT2D eigenvalue weighted by Gasteiger charge is 2.10. The Morgan fingerprint density at radius 2 is 2.00 bits per heavy atom. The van der Waals surface area contributed by atoms with E-state index in [0.29, 0.717) is 16.4 Å². The van der Waals surface area contributed by atoms with Crippen LogP contribution in [-0.2, 0) is 4.79 Å². The maximum Gasteiger partial charge on any atom is 0.234 e. The minimum Gasteiger partial charge on any atom is -0.398 e. The van der Waals surface area contributed by atoms with Crippen molar-refractivity contribution >= 4 is 40.6 Å². The van der Waals surface area contributed by atoms with Crippen molar-refractivity contribution in [3.8, 4) is 0 Å². The van der Waals surface area contributed by atoms with Crippen LogP contribution in [0.4, 0.5) is 11.4 Å². The Bertz CT molecular complexity index is 650. The van der Waals surface area contributed by atoms with E-state index in [9.17, 15) is 4.79 Å². The van der Waals surface area contributed by atoms with E-state index in [-0.39, 0.29) is 11.7 Å². The number of carbonyl (C=O) groups excluding carboxylic acids is 1. The van der Waals surface area contributed by atoms with Crippen molar-refractivity contribution < 1.29 is 4.79 Å². The topological polar surface area (TPSA) is 55.1 Å². The van der Waals surface area contributed by atoms with Gasteiger partial charge < -0.3 is 11.1 Å². The fourth-order valence-electron chi connectivity index (χ4n) is 2.00.